The van der Waals surface area contributed by atoms with Crippen molar-refractivity contribution in [2.75, 3.05) is 6.54 Å². The lowest BCUT2D eigenvalue weighted by Gasteiger charge is -2.31. The molecular formula is C14H18FNO. The first-order valence-corrected chi connectivity index (χ1v) is 6.41. The van der Waals surface area contributed by atoms with Gasteiger partial charge in [-0.2, -0.15) is 0 Å². The monoisotopic (exact) mass is 235 g/mol. The number of benzene rings is 1. The first-order chi connectivity index (χ1) is 8.24. The SMILES string of the molecule is OC1CCC2C(CNC2c2ccc(F)cc2)C1. The highest BCUT2D eigenvalue weighted by atomic mass is 19.1. The minimum Gasteiger partial charge on any atom is -0.393 e. The van der Waals surface area contributed by atoms with E-state index in [0.29, 0.717) is 17.9 Å². The fraction of sp³-hybridized carbons (Fsp3) is 0.571. The van der Waals surface area contributed by atoms with Crippen molar-refractivity contribution in [1.29, 1.82) is 0 Å². The Hall–Kier alpha value is -0.930. The van der Waals surface area contributed by atoms with Crippen molar-refractivity contribution in [3.63, 3.8) is 0 Å². The van der Waals surface area contributed by atoms with E-state index in [0.717, 1.165) is 25.8 Å². The summed E-state index contributed by atoms with van der Waals surface area (Å²) in [6.45, 7) is 0.976. The van der Waals surface area contributed by atoms with Crippen LogP contribution in [0.5, 0.6) is 0 Å². The molecular weight excluding hydrogens is 217 g/mol. The Balaban J connectivity index is 1.79. The summed E-state index contributed by atoms with van der Waals surface area (Å²) >= 11 is 0. The number of aliphatic hydroxyl groups is 1. The predicted octanol–water partition coefficient (Wildman–Crippen LogP) is 2.25. The summed E-state index contributed by atoms with van der Waals surface area (Å²) < 4.78 is 12.9. The lowest BCUT2D eigenvalue weighted by molar-refractivity contribution is 0.0802. The highest BCUT2D eigenvalue weighted by Crippen LogP contribution is 2.42. The minimum atomic E-state index is -0.178. The average molecular weight is 235 g/mol. The van der Waals surface area contributed by atoms with Crippen LogP contribution in [0, 0.1) is 17.7 Å². The third-order valence-electron chi connectivity index (χ3n) is 4.27. The van der Waals surface area contributed by atoms with E-state index in [9.17, 15) is 9.50 Å². The van der Waals surface area contributed by atoms with Crippen LogP contribution in [0.2, 0.25) is 0 Å². The zero-order valence-corrected chi connectivity index (χ0v) is 9.77. The maximum Gasteiger partial charge on any atom is 0.123 e. The molecule has 4 unspecified atom stereocenters. The van der Waals surface area contributed by atoms with E-state index in [-0.39, 0.29) is 11.9 Å². The molecule has 0 aromatic heterocycles. The van der Waals surface area contributed by atoms with E-state index in [1.807, 2.05) is 12.1 Å². The van der Waals surface area contributed by atoms with E-state index in [1.54, 1.807) is 0 Å². The molecule has 2 fully saturated rings. The Labute approximate surface area is 101 Å². The van der Waals surface area contributed by atoms with Crippen LogP contribution in [0.15, 0.2) is 24.3 Å². The van der Waals surface area contributed by atoms with Gasteiger partial charge in [-0.15, -0.1) is 0 Å². The normalized spacial score (nSPS) is 36.8. The molecule has 1 aromatic rings. The standard InChI is InChI=1S/C14H18FNO/c15-11-3-1-9(2-4-11)14-13-6-5-12(17)7-10(13)8-16-14/h1-4,10,12-14,16-17H,5-8H2. The van der Waals surface area contributed by atoms with Crippen LogP contribution in [-0.2, 0) is 0 Å². The molecule has 0 spiro atoms. The minimum absolute atomic E-state index is 0.120. The number of nitrogens with one attached hydrogen (secondary N) is 1. The van der Waals surface area contributed by atoms with Crippen LogP contribution in [0.25, 0.3) is 0 Å². The average Bonchev–Trinajstić information content (AvgIpc) is 2.73. The third kappa shape index (κ3) is 2.09. The van der Waals surface area contributed by atoms with Gasteiger partial charge in [-0.25, -0.2) is 4.39 Å². The van der Waals surface area contributed by atoms with Gasteiger partial charge in [0.25, 0.3) is 0 Å². The molecule has 2 nitrogen and oxygen atoms in total. The molecule has 1 aliphatic heterocycles. The van der Waals surface area contributed by atoms with Gasteiger partial charge in [-0.05, 0) is 55.3 Å². The molecule has 3 heteroatoms. The van der Waals surface area contributed by atoms with Crippen molar-refractivity contribution in [1.82, 2.24) is 5.32 Å². The molecule has 1 heterocycles. The van der Waals surface area contributed by atoms with Crippen molar-refractivity contribution in [3.8, 4) is 0 Å². The molecule has 1 aromatic carbocycles. The van der Waals surface area contributed by atoms with E-state index in [2.05, 4.69) is 5.32 Å². The second-order valence-electron chi connectivity index (χ2n) is 5.33. The Bertz CT molecular complexity index is 392. The zero-order valence-electron chi connectivity index (χ0n) is 9.77. The summed E-state index contributed by atoms with van der Waals surface area (Å²) in [4.78, 5) is 0. The number of rotatable bonds is 1. The fourth-order valence-corrected chi connectivity index (χ4v) is 3.40. The fourth-order valence-electron chi connectivity index (χ4n) is 3.40. The Morgan fingerprint density at radius 1 is 1.18 bits per heavy atom. The molecule has 0 amide bonds. The van der Waals surface area contributed by atoms with Crippen molar-refractivity contribution in [2.24, 2.45) is 11.8 Å². The van der Waals surface area contributed by atoms with Crippen LogP contribution in [0.3, 0.4) is 0 Å². The molecule has 0 radical (unpaired) electrons. The highest BCUT2D eigenvalue weighted by molar-refractivity contribution is 5.22. The van der Waals surface area contributed by atoms with Gasteiger partial charge in [0, 0.05) is 6.04 Å². The molecule has 2 N–H and O–H groups in total. The summed E-state index contributed by atoms with van der Waals surface area (Å²) in [5.41, 5.74) is 1.18. The van der Waals surface area contributed by atoms with Crippen LogP contribution < -0.4 is 5.32 Å². The summed E-state index contributed by atoms with van der Waals surface area (Å²) in [5, 5.41) is 13.2. The molecule has 92 valence electrons. The lowest BCUT2D eigenvalue weighted by Crippen LogP contribution is -2.27. The first-order valence-electron chi connectivity index (χ1n) is 6.41. The van der Waals surface area contributed by atoms with E-state index < -0.39 is 0 Å². The zero-order chi connectivity index (χ0) is 11.8. The number of hydrogen-bond donors (Lipinski definition) is 2. The number of hydrogen-bond acceptors (Lipinski definition) is 2. The molecule has 2 aliphatic rings. The third-order valence-corrected chi connectivity index (χ3v) is 4.27. The molecule has 3 rings (SSSR count). The topological polar surface area (TPSA) is 32.3 Å². The molecule has 1 aliphatic carbocycles. The maximum atomic E-state index is 12.9. The van der Waals surface area contributed by atoms with E-state index in [1.165, 1.54) is 17.7 Å². The smallest absolute Gasteiger partial charge is 0.123 e. The van der Waals surface area contributed by atoms with Gasteiger partial charge in [0.05, 0.1) is 6.10 Å². The predicted molar refractivity (Wildman–Crippen MR) is 64.0 cm³/mol. The van der Waals surface area contributed by atoms with E-state index >= 15 is 0 Å². The van der Waals surface area contributed by atoms with Gasteiger partial charge in [0.15, 0.2) is 0 Å². The van der Waals surface area contributed by atoms with Crippen LogP contribution in [0.1, 0.15) is 30.9 Å². The Morgan fingerprint density at radius 3 is 2.71 bits per heavy atom. The summed E-state index contributed by atoms with van der Waals surface area (Å²) in [6, 6.07) is 7.15. The van der Waals surface area contributed by atoms with Gasteiger partial charge in [0.2, 0.25) is 0 Å². The highest BCUT2D eigenvalue weighted by Gasteiger charge is 2.40. The van der Waals surface area contributed by atoms with Gasteiger partial charge in [0.1, 0.15) is 5.82 Å². The van der Waals surface area contributed by atoms with Crippen LogP contribution >= 0.6 is 0 Å². The van der Waals surface area contributed by atoms with Crippen LogP contribution in [-0.4, -0.2) is 17.8 Å². The second kappa shape index (κ2) is 4.39. The van der Waals surface area contributed by atoms with Gasteiger partial charge in [-0.3, -0.25) is 0 Å². The Kier molecular flexibility index (Phi) is 2.89. The van der Waals surface area contributed by atoms with Gasteiger partial charge < -0.3 is 10.4 Å². The first kappa shape index (κ1) is 11.2. The van der Waals surface area contributed by atoms with Crippen molar-refractivity contribution < 1.29 is 9.50 Å². The van der Waals surface area contributed by atoms with Gasteiger partial charge >= 0.3 is 0 Å². The molecule has 0 bridgehead atoms. The van der Waals surface area contributed by atoms with Crippen molar-refractivity contribution in [3.05, 3.63) is 35.6 Å². The largest absolute Gasteiger partial charge is 0.393 e. The molecule has 1 saturated heterocycles. The molecule has 1 saturated carbocycles. The van der Waals surface area contributed by atoms with Crippen molar-refractivity contribution >= 4 is 0 Å². The summed E-state index contributed by atoms with van der Waals surface area (Å²) in [6.07, 6.45) is 2.77. The van der Waals surface area contributed by atoms with E-state index in [4.69, 9.17) is 0 Å². The number of aliphatic hydroxyl groups excluding tert-OH is 1. The Morgan fingerprint density at radius 2 is 1.94 bits per heavy atom. The maximum absolute atomic E-state index is 12.9. The lowest BCUT2D eigenvalue weighted by atomic mass is 9.76. The quantitative estimate of drug-likeness (QED) is 0.782. The summed E-state index contributed by atoms with van der Waals surface area (Å²) in [5.74, 6) is 1.00. The van der Waals surface area contributed by atoms with Crippen molar-refractivity contribution in [2.45, 2.75) is 31.4 Å². The summed E-state index contributed by atoms with van der Waals surface area (Å²) in [7, 11) is 0. The molecule has 17 heavy (non-hydrogen) atoms. The number of fused-ring (bicyclic) bond motifs is 1. The van der Waals surface area contributed by atoms with Crippen LogP contribution in [0.4, 0.5) is 4.39 Å². The second-order valence-corrected chi connectivity index (χ2v) is 5.33. The number of halogens is 1. The van der Waals surface area contributed by atoms with Gasteiger partial charge in [-0.1, -0.05) is 12.1 Å². The molecule has 4 atom stereocenters.